The van der Waals surface area contributed by atoms with Crippen molar-refractivity contribution in [3.8, 4) is 5.75 Å². The Bertz CT molecular complexity index is 245. The Morgan fingerprint density at radius 1 is 1.45 bits per heavy atom. The molecule has 0 saturated carbocycles. The average molecular weight is 164 g/mol. The Morgan fingerprint density at radius 3 is 2.82 bits per heavy atom. The van der Waals surface area contributed by atoms with Crippen LogP contribution in [0.25, 0.3) is 0 Å². The molecule has 1 aromatic rings. The van der Waals surface area contributed by atoms with Crippen molar-refractivity contribution in [1.29, 1.82) is 0 Å². The molecule has 11 heavy (non-hydrogen) atoms. The van der Waals surface area contributed by atoms with E-state index >= 15 is 0 Å². The molecule has 0 amide bonds. The van der Waals surface area contributed by atoms with Crippen molar-refractivity contribution in [3.05, 3.63) is 42.5 Å². The molecular weight excluding hydrogens is 152 g/mol. The monoisotopic (exact) mass is 164 g/mol. The lowest BCUT2D eigenvalue weighted by atomic mass is 10.1. The van der Waals surface area contributed by atoms with E-state index in [1.807, 2.05) is 24.3 Å². The second-order valence-electron chi connectivity index (χ2n) is 2.30. The van der Waals surface area contributed by atoms with Gasteiger partial charge in [-0.1, -0.05) is 24.3 Å². The van der Waals surface area contributed by atoms with Crippen LogP contribution in [0.2, 0.25) is 0 Å². The maximum Gasteiger partial charge on any atom is 0.204 e. The third-order valence-corrected chi connectivity index (χ3v) is 2.00. The molecule has 58 valence electrons. The van der Waals surface area contributed by atoms with Crippen molar-refractivity contribution in [2.24, 2.45) is 0 Å². The molecule has 0 aliphatic heterocycles. The van der Waals surface area contributed by atoms with Crippen molar-refractivity contribution in [3.63, 3.8) is 0 Å². The standard InChI is InChI=1S/C9H12OSi/c1-2-5-8-6-3-4-7-9(8)10-11/h2-4,6-7H,1,5H2,11H3. The van der Waals surface area contributed by atoms with E-state index in [9.17, 15) is 0 Å². The summed E-state index contributed by atoms with van der Waals surface area (Å²) in [4.78, 5) is 0. The van der Waals surface area contributed by atoms with Crippen molar-refractivity contribution >= 4 is 10.5 Å². The molecule has 0 N–H and O–H groups in total. The molecule has 0 aliphatic rings. The van der Waals surface area contributed by atoms with Crippen molar-refractivity contribution in [2.45, 2.75) is 6.42 Å². The Hall–Kier alpha value is -1.02. The summed E-state index contributed by atoms with van der Waals surface area (Å²) >= 11 is 0. The number of rotatable bonds is 3. The summed E-state index contributed by atoms with van der Waals surface area (Å²) < 4.78 is 5.29. The van der Waals surface area contributed by atoms with E-state index in [2.05, 4.69) is 12.6 Å². The lowest BCUT2D eigenvalue weighted by Gasteiger charge is -2.05. The smallest absolute Gasteiger partial charge is 0.204 e. The van der Waals surface area contributed by atoms with E-state index in [4.69, 9.17) is 4.43 Å². The molecule has 1 rings (SSSR count). The number of hydrogen-bond donors (Lipinski definition) is 0. The minimum atomic E-state index is 0.748. The quantitative estimate of drug-likeness (QED) is 0.480. The van der Waals surface area contributed by atoms with Gasteiger partial charge in [0.15, 0.2) is 0 Å². The van der Waals surface area contributed by atoms with Crippen LogP contribution in [0.5, 0.6) is 5.75 Å². The molecule has 0 atom stereocenters. The van der Waals surface area contributed by atoms with E-state index in [1.165, 1.54) is 5.56 Å². The molecule has 0 aromatic heterocycles. The van der Waals surface area contributed by atoms with Crippen LogP contribution in [0.15, 0.2) is 36.9 Å². The highest BCUT2D eigenvalue weighted by molar-refractivity contribution is 6.00. The molecule has 0 unspecified atom stereocenters. The number of para-hydroxylation sites is 1. The van der Waals surface area contributed by atoms with Gasteiger partial charge in [-0.2, -0.15) is 0 Å². The lowest BCUT2D eigenvalue weighted by molar-refractivity contribution is 0.608. The van der Waals surface area contributed by atoms with Crippen LogP contribution in [0.3, 0.4) is 0 Å². The number of allylic oxidation sites excluding steroid dienone is 1. The van der Waals surface area contributed by atoms with Crippen LogP contribution in [0.1, 0.15) is 5.56 Å². The van der Waals surface area contributed by atoms with E-state index < -0.39 is 0 Å². The molecule has 0 heterocycles. The predicted octanol–water partition coefficient (Wildman–Crippen LogP) is 1.07. The van der Waals surface area contributed by atoms with Gasteiger partial charge in [0.2, 0.25) is 10.5 Å². The molecule has 2 heteroatoms. The van der Waals surface area contributed by atoms with Crippen molar-refractivity contribution in [2.75, 3.05) is 0 Å². The lowest BCUT2D eigenvalue weighted by Crippen LogP contribution is -1.90. The minimum absolute atomic E-state index is 0.748. The predicted molar refractivity (Wildman–Crippen MR) is 50.9 cm³/mol. The first kappa shape index (κ1) is 8.08. The summed E-state index contributed by atoms with van der Waals surface area (Å²) in [6, 6.07) is 8.06. The second-order valence-corrected chi connectivity index (χ2v) is 2.71. The van der Waals surface area contributed by atoms with Gasteiger partial charge in [0.1, 0.15) is 5.75 Å². The molecule has 0 bridgehead atoms. The topological polar surface area (TPSA) is 9.23 Å². The third kappa shape index (κ3) is 1.95. The van der Waals surface area contributed by atoms with Gasteiger partial charge in [0.05, 0.1) is 0 Å². The van der Waals surface area contributed by atoms with Gasteiger partial charge in [-0.25, -0.2) is 0 Å². The molecule has 1 aromatic carbocycles. The molecule has 0 radical (unpaired) electrons. The van der Waals surface area contributed by atoms with Gasteiger partial charge < -0.3 is 4.43 Å². The highest BCUT2D eigenvalue weighted by Gasteiger charge is 1.96. The maximum absolute atomic E-state index is 5.29. The SMILES string of the molecule is C=CCc1ccccc1O[SiH3]. The summed E-state index contributed by atoms with van der Waals surface area (Å²) in [5, 5.41) is 0. The van der Waals surface area contributed by atoms with Crippen LogP contribution in [0.4, 0.5) is 0 Å². The zero-order valence-corrected chi connectivity index (χ0v) is 8.71. The summed E-state index contributed by atoms with van der Waals surface area (Å²) in [6.45, 7) is 3.69. The Labute approximate surface area is 70.2 Å². The first-order chi connectivity index (χ1) is 5.38. The fraction of sp³-hybridized carbons (Fsp3) is 0.111. The number of benzene rings is 1. The van der Waals surface area contributed by atoms with Gasteiger partial charge >= 0.3 is 0 Å². The number of hydrogen-bond acceptors (Lipinski definition) is 1. The van der Waals surface area contributed by atoms with Crippen molar-refractivity contribution < 1.29 is 4.43 Å². The highest BCUT2D eigenvalue weighted by atomic mass is 28.2. The van der Waals surface area contributed by atoms with Crippen molar-refractivity contribution in [1.82, 2.24) is 0 Å². The van der Waals surface area contributed by atoms with E-state index in [0.29, 0.717) is 0 Å². The largest absolute Gasteiger partial charge is 0.553 e. The molecule has 0 aliphatic carbocycles. The highest BCUT2D eigenvalue weighted by Crippen LogP contribution is 2.17. The normalized spacial score (nSPS) is 9.45. The average Bonchev–Trinajstić information content (AvgIpc) is 2.06. The molecule has 0 spiro atoms. The summed E-state index contributed by atoms with van der Waals surface area (Å²) in [5.74, 6) is 0.999. The van der Waals surface area contributed by atoms with E-state index in [1.54, 1.807) is 0 Å². The summed E-state index contributed by atoms with van der Waals surface area (Å²) in [7, 11) is 0.748. The van der Waals surface area contributed by atoms with Crippen LogP contribution in [-0.2, 0) is 6.42 Å². The van der Waals surface area contributed by atoms with Crippen LogP contribution in [-0.4, -0.2) is 10.5 Å². The Balaban J connectivity index is 2.92. The Kier molecular flexibility index (Phi) is 2.92. The van der Waals surface area contributed by atoms with Gasteiger partial charge in [0, 0.05) is 0 Å². The molecule has 1 nitrogen and oxygen atoms in total. The van der Waals surface area contributed by atoms with Gasteiger partial charge in [-0.05, 0) is 18.1 Å². The van der Waals surface area contributed by atoms with Gasteiger partial charge in [0.25, 0.3) is 0 Å². The zero-order chi connectivity index (χ0) is 8.10. The van der Waals surface area contributed by atoms with Crippen LogP contribution in [0, 0.1) is 0 Å². The minimum Gasteiger partial charge on any atom is -0.553 e. The second kappa shape index (κ2) is 3.98. The zero-order valence-electron chi connectivity index (χ0n) is 6.71. The maximum atomic E-state index is 5.29. The molecular formula is C9H12OSi. The summed E-state index contributed by atoms with van der Waals surface area (Å²) in [6.07, 6.45) is 2.78. The summed E-state index contributed by atoms with van der Waals surface area (Å²) in [5.41, 5.74) is 1.22. The fourth-order valence-electron chi connectivity index (χ4n) is 1.03. The fourth-order valence-corrected chi connectivity index (χ4v) is 1.43. The third-order valence-electron chi connectivity index (χ3n) is 1.56. The van der Waals surface area contributed by atoms with E-state index in [-0.39, 0.29) is 0 Å². The Morgan fingerprint density at radius 2 is 2.18 bits per heavy atom. The van der Waals surface area contributed by atoms with Crippen LogP contribution >= 0.6 is 0 Å². The molecule has 0 saturated heterocycles. The van der Waals surface area contributed by atoms with E-state index in [0.717, 1.165) is 22.7 Å². The molecule has 0 fully saturated rings. The first-order valence-electron chi connectivity index (χ1n) is 3.61. The first-order valence-corrected chi connectivity index (χ1v) is 4.43. The van der Waals surface area contributed by atoms with Gasteiger partial charge in [-0.15, -0.1) is 6.58 Å². The van der Waals surface area contributed by atoms with Crippen LogP contribution < -0.4 is 4.43 Å². The van der Waals surface area contributed by atoms with Gasteiger partial charge in [-0.3, -0.25) is 0 Å².